The molecule has 0 unspecified atom stereocenters. The van der Waals surface area contributed by atoms with Crippen LogP contribution in [-0.2, 0) is 19.3 Å². The molecule has 0 radical (unpaired) electrons. The molecule has 3 rings (SSSR count). The number of rotatable bonds is 9. The van der Waals surface area contributed by atoms with Gasteiger partial charge in [-0.25, -0.2) is 17.6 Å². The largest absolute Gasteiger partial charge is 0.203 e. The van der Waals surface area contributed by atoms with Gasteiger partial charge in [-0.05, 0) is 91.9 Å². The molecule has 0 bridgehead atoms. The molecule has 0 saturated heterocycles. The smallest absolute Gasteiger partial charge is 0.162 e. The second-order valence-corrected chi connectivity index (χ2v) is 9.06. The minimum Gasteiger partial charge on any atom is -0.203 e. The molecule has 1 aliphatic carbocycles. The molecule has 0 heterocycles. The maximum atomic E-state index is 14.7. The number of unbranched alkanes of at least 4 members (excludes halogenated alkanes) is 1. The maximum absolute atomic E-state index is 14.7. The first-order valence-electron chi connectivity index (χ1n) is 11.9. The molecule has 2 aromatic carbocycles. The average molecular weight is 435 g/mol. The van der Waals surface area contributed by atoms with E-state index in [1.807, 2.05) is 13.8 Å². The Morgan fingerprint density at radius 1 is 0.645 bits per heavy atom. The van der Waals surface area contributed by atoms with Crippen LogP contribution >= 0.6 is 0 Å². The molecule has 0 atom stereocenters. The topological polar surface area (TPSA) is 0 Å². The molecule has 0 spiro atoms. The van der Waals surface area contributed by atoms with Crippen LogP contribution < -0.4 is 0 Å². The summed E-state index contributed by atoms with van der Waals surface area (Å²) in [5, 5.41) is 0. The first-order chi connectivity index (χ1) is 15.0. The van der Waals surface area contributed by atoms with Crippen molar-refractivity contribution in [2.75, 3.05) is 0 Å². The van der Waals surface area contributed by atoms with Gasteiger partial charge in [0.25, 0.3) is 0 Å². The number of hydrogen-bond acceptors (Lipinski definition) is 0. The highest BCUT2D eigenvalue weighted by Gasteiger charge is 2.26. The Morgan fingerprint density at radius 2 is 1.19 bits per heavy atom. The van der Waals surface area contributed by atoms with Crippen LogP contribution in [0.15, 0.2) is 24.3 Å². The minimum absolute atomic E-state index is 0.0356. The summed E-state index contributed by atoms with van der Waals surface area (Å²) in [6.45, 7) is 3.98. The average Bonchev–Trinajstić information content (AvgIpc) is 2.78. The molecule has 1 saturated carbocycles. The predicted molar refractivity (Wildman–Crippen MR) is 118 cm³/mol. The quantitative estimate of drug-likeness (QED) is 0.347. The molecule has 0 nitrogen and oxygen atoms in total. The van der Waals surface area contributed by atoms with Crippen molar-refractivity contribution in [2.24, 2.45) is 5.92 Å². The van der Waals surface area contributed by atoms with Crippen molar-refractivity contribution in [3.8, 4) is 0 Å². The minimum atomic E-state index is -0.708. The van der Waals surface area contributed by atoms with Crippen molar-refractivity contribution in [3.63, 3.8) is 0 Å². The summed E-state index contributed by atoms with van der Waals surface area (Å²) >= 11 is 0. The summed E-state index contributed by atoms with van der Waals surface area (Å²) in [6, 6.07) is 6.93. The van der Waals surface area contributed by atoms with Crippen LogP contribution in [-0.4, -0.2) is 0 Å². The summed E-state index contributed by atoms with van der Waals surface area (Å²) in [6.07, 6.45) is 8.44. The van der Waals surface area contributed by atoms with Crippen LogP contribution in [0.2, 0.25) is 0 Å². The Morgan fingerprint density at radius 3 is 1.81 bits per heavy atom. The van der Waals surface area contributed by atoms with E-state index in [1.54, 1.807) is 24.3 Å². The Hall–Kier alpha value is -1.84. The number of hydrogen-bond donors (Lipinski definition) is 0. The van der Waals surface area contributed by atoms with E-state index in [0.29, 0.717) is 47.4 Å². The Bertz CT molecular complexity index is 866. The summed E-state index contributed by atoms with van der Waals surface area (Å²) in [5.41, 5.74) is 1.85. The summed E-state index contributed by atoms with van der Waals surface area (Å²) in [7, 11) is 0. The molecule has 0 N–H and O–H groups in total. The highest BCUT2D eigenvalue weighted by molar-refractivity contribution is 5.30. The number of aryl methyl sites for hydroxylation is 3. The standard InChI is InChI=1S/C27H34F4/c1-3-5-7-21-16-17-23(27(31)26(21)30)19-11-8-18(9-12-19)10-13-22-15-14-20(6-4-2)24(28)25(22)29/h14-19H,3-13H2,1-2H3. The fourth-order valence-electron chi connectivity index (χ4n) is 4.89. The molecule has 170 valence electrons. The Labute approximate surface area is 184 Å². The summed E-state index contributed by atoms with van der Waals surface area (Å²) in [5.74, 6) is -2.33. The zero-order valence-electron chi connectivity index (χ0n) is 18.8. The molecule has 31 heavy (non-hydrogen) atoms. The predicted octanol–water partition coefficient (Wildman–Crippen LogP) is 8.44. The van der Waals surface area contributed by atoms with Gasteiger partial charge in [-0.2, -0.15) is 0 Å². The van der Waals surface area contributed by atoms with E-state index in [4.69, 9.17) is 0 Å². The van der Waals surface area contributed by atoms with Gasteiger partial charge in [0.15, 0.2) is 23.3 Å². The molecular formula is C27H34F4. The highest BCUT2D eigenvalue weighted by atomic mass is 19.2. The molecular weight excluding hydrogens is 400 g/mol. The lowest BCUT2D eigenvalue weighted by atomic mass is 9.76. The van der Waals surface area contributed by atoms with Crippen molar-refractivity contribution in [3.05, 3.63) is 69.8 Å². The summed E-state index contributed by atoms with van der Waals surface area (Å²) < 4.78 is 57.6. The Balaban J connectivity index is 1.56. The van der Waals surface area contributed by atoms with E-state index >= 15 is 0 Å². The highest BCUT2D eigenvalue weighted by Crippen LogP contribution is 2.39. The van der Waals surface area contributed by atoms with Gasteiger partial charge in [-0.15, -0.1) is 0 Å². The van der Waals surface area contributed by atoms with Crippen LogP contribution in [0.4, 0.5) is 17.6 Å². The number of halogens is 4. The van der Waals surface area contributed by atoms with Crippen molar-refractivity contribution >= 4 is 0 Å². The van der Waals surface area contributed by atoms with Crippen LogP contribution in [0.5, 0.6) is 0 Å². The molecule has 4 heteroatoms. The maximum Gasteiger partial charge on any atom is 0.162 e. The van der Waals surface area contributed by atoms with Crippen LogP contribution in [0, 0.1) is 29.2 Å². The molecule has 0 aromatic heterocycles. The first-order valence-corrected chi connectivity index (χ1v) is 11.9. The van der Waals surface area contributed by atoms with E-state index in [0.717, 1.165) is 51.4 Å². The van der Waals surface area contributed by atoms with E-state index in [1.165, 1.54) is 0 Å². The fourth-order valence-corrected chi connectivity index (χ4v) is 4.89. The SMILES string of the molecule is CCCCc1ccc(C2CCC(CCc3ccc(CCC)c(F)c3F)CC2)c(F)c1F. The third-order valence-corrected chi connectivity index (χ3v) is 6.86. The van der Waals surface area contributed by atoms with E-state index in [9.17, 15) is 17.6 Å². The lowest BCUT2D eigenvalue weighted by Gasteiger charge is -2.29. The van der Waals surface area contributed by atoms with Crippen LogP contribution in [0.1, 0.15) is 93.4 Å². The zero-order valence-corrected chi connectivity index (χ0v) is 18.8. The van der Waals surface area contributed by atoms with Crippen molar-refractivity contribution in [1.82, 2.24) is 0 Å². The van der Waals surface area contributed by atoms with Gasteiger partial charge in [0.05, 0.1) is 0 Å². The second kappa shape index (κ2) is 11.2. The van der Waals surface area contributed by atoms with Crippen LogP contribution in [0.25, 0.3) is 0 Å². The van der Waals surface area contributed by atoms with Gasteiger partial charge in [0.1, 0.15) is 0 Å². The van der Waals surface area contributed by atoms with Gasteiger partial charge >= 0.3 is 0 Å². The normalized spacial score (nSPS) is 19.0. The van der Waals surface area contributed by atoms with Gasteiger partial charge in [-0.3, -0.25) is 0 Å². The lowest BCUT2D eigenvalue weighted by Crippen LogP contribution is -2.16. The Kier molecular flexibility index (Phi) is 8.57. The van der Waals surface area contributed by atoms with Gasteiger partial charge in [0.2, 0.25) is 0 Å². The van der Waals surface area contributed by atoms with E-state index in [-0.39, 0.29) is 5.92 Å². The molecule has 1 fully saturated rings. The first kappa shape index (κ1) is 23.8. The zero-order chi connectivity index (χ0) is 22.4. The van der Waals surface area contributed by atoms with Gasteiger partial charge in [0, 0.05) is 0 Å². The van der Waals surface area contributed by atoms with Crippen molar-refractivity contribution in [2.45, 2.75) is 90.4 Å². The molecule has 2 aromatic rings. The monoisotopic (exact) mass is 434 g/mol. The van der Waals surface area contributed by atoms with Gasteiger partial charge in [-0.1, -0.05) is 51.0 Å². The van der Waals surface area contributed by atoms with Crippen molar-refractivity contribution in [1.29, 1.82) is 0 Å². The lowest BCUT2D eigenvalue weighted by molar-refractivity contribution is 0.303. The molecule has 0 aliphatic heterocycles. The third kappa shape index (κ3) is 5.70. The van der Waals surface area contributed by atoms with E-state index in [2.05, 4.69) is 0 Å². The number of benzene rings is 2. The second-order valence-electron chi connectivity index (χ2n) is 9.06. The third-order valence-electron chi connectivity index (χ3n) is 6.86. The summed E-state index contributed by atoms with van der Waals surface area (Å²) in [4.78, 5) is 0. The van der Waals surface area contributed by atoms with Gasteiger partial charge < -0.3 is 0 Å². The molecule has 1 aliphatic rings. The molecule has 0 amide bonds. The van der Waals surface area contributed by atoms with Crippen LogP contribution in [0.3, 0.4) is 0 Å². The van der Waals surface area contributed by atoms with E-state index < -0.39 is 23.3 Å². The fraction of sp³-hybridized carbons (Fsp3) is 0.556. The van der Waals surface area contributed by atoms with Crippen molar-refractivity contribution < 1.29 is 17.6 Å².